The lowest BCUT2D eigenvalue weighted by molar-refractivity contribution is -0.0293. The van der Waals surface area contributed by atoms with E-state index in [1.807, 2.05) is 0 Å². The highest BCUT2D eigenvalue weighted by Crippen LogP contribution is 2.51. The Labute approximate surface area is 99.5 Å². The van der Waals surface area contributed by atoms with Crippen molar-refractivity contribution in [1.29, 1.82) is 0 Å². The molecule has 1 aliphatic carbocycles. The minimum absolute atomic E-state index is 0.0534. The molecule has 2 nitrogen and oxygen atoms in total. The molecule has 17 heavy (non-hydrogen) atoms. The van der Waals surface area contributed by atoms with E-state index in [1.54, 1.807) is 13.0 Å². The second-order valence-corrected chi connectivity index (χ2v) is 4.42. The van der Waals surface area contributed by atoms with E-state index in [0.717, 1.165) is 0 Å². The van der Waals surface area contributed by atoms with Crippen molar-refractivity contribution in [3.05, 3.63) is 23.3 Å². The zero-order valence-electron chi connectivity index (χ0n) is 10.2. The molecule has 1 fully saturated rings. The number of benzene rings is 1. The predicted molar refractivity (Wildman–Crippen MR) is 60.9 cm³/mol. The first kappa shape index (κ1) is 12.1. The number of hydrogen-bond acceptors (Lipinski definition) is 2. The minimum atomic E-state index is -2.76. The Kier molecular flexibility index (Phi) is 2.98. The van der Waals surface area contributed by atoms with Crippen molar-refractivity contribution in [3.63, 3.8) is 0 Å². The molecule has 94 valence electrons. The third-order valence-electron chi connectivity index (χ3n) is 3.18. The lowest BCUT2D eigenvalue weighted by Gasteiger charge is -2.20. The van der Waals surface area contributed by atoms with Crippen molar-refractivity contribution in [2.45, 2.75) is 25.7 Å². The molecule has 0 saturated heterocycles. The fraction of sp³-hybridized carbons (Fsp3) is 0.538. The fourth-order valence-electron chi connectivity index (χ4n) is 2.01. The summed E-state index contributed by atoms with van der Waals surface area (Å²) < 4.78 is 38.3. The second kappa shape index (κ2) is 4.17. The molecule has 1 aromatic rings. The van der Waals surface area contributed by atoms with Gasteiger partial charge in [-0.1, -0.05) is 0 Å². The first-order valence-electron chi connectivity index (χ1n) is 5.61. The average molecular weight is 242 g/mol. The van der Waals surface area contributed by atoms with Crippen LogP contribution in [0.2, 0.25) is 0 Å². The van der Waals surface area contributed by atoms with Gasteiger partial charge >= 0.3 is 0 Å². The average Bonchev–Trinajstić information content (AvgIpc) is 3.12. The van der Waals surface area contributed by atoms with Crippen molar-refractivity contribution < 1.29 is 18.3 Å². The van der Waals surface area contributed by atoms with Gasteiger partial charge in [0.15, 0.2) is 11.5 Å². The summed E-state index contributed by atoms with van der Waals surface area (Å²) in [5, 5.41) is 0. The normalized spacial score (nSPS) is 15.8. The van der Waals surface area contributed by atoms with Crippen LogP contribution < -0.4 is 9.47 Å². The van der Waals surface area contributed by atoms with Crippen LogP contribution in [0.5, 0.6) is 11.5 Å². The number of aryl methyl sites for hydroxylation is 1. The van der Waals surface area contributed by atoms with Gasteiger partial charge in [0.2, 0.25) is 0 Å². The summed E-state index contributed by atoms with van der Waals surface area (Å²) in [6.45, 7) is 1.67. The summed E-state index contributed by atoms with van der Waals surface area (Å²) in [4.78, 5) is 0. The summed E-state index contributed by atoms with van der Waals surface area (Å²) in [6.07, 6.45) is 1.20. The lowest BCUT2D eigenvalue weighted by Crippen LogP contribution is -2.17. The van der Waals surface area contributed by atoms with E-state index >= 15 is 0 Å². The van der Waals surface area contributed by atoms with Crippen LogP contribution in [0.3, 0.4) is 0 Å². The van der Waals surface area contributed by atoms with Crippen LogP contribution in [0.1, 0.15) is 24.0 Å². The largest absolute Gasteiger partial charge is 0.493 e. The molecular formula is C13H16F2O2. The molecule has 1 aromatic carbocycles. The van der Waals surface area contributed by atoms with Crippen molar-refractivity contribution in [3.8, 4) is 11.5 Å². The molecule has 0 radical (unpaired) electrons. The van der Waals surface area contributed by atoms with Gasteiger partial charge in [-0.15, -0.1) is 0 Å². The Morgan fingerprint density at radius 1 is 1.12 bits per heavy atom. The summed E-state index contributed by atoms with van der Waals surface area (Å²) >= 11 is 0. The lowest BCUT2D eigenvalue weighted by atomic mass is 9.98. The van der Waals surface area contributed by atoms with Crippen molar-refractivity contribution in [2.75, 3.05) is 14.2 Å². The minimum Gasteiger partial charge on any atom is -0.493 e. The summed E-state index contributed by atoms with van der Waals surface area (Å²) in [5.74, 6) is -2.43. The van der Waals surface area contributed by atoms with Crippen molar-refractivity contribution in [1.82, 2.24) is 0 Å². The van der Waals surface area contributed by atoms with Crippen LogP contribution in [0.15, 0.2) is 12.1 Å². The molecule has 0 aliphatic heterocycles. The summed E-state index contributed by atoms with van der Waals surface area (Å²) in [6, 6.07) is 3.00. The van der Waals surface area contributed by atoms with E-state index in [9.17, 15) is 8.78 Å². The van der Waals surface area contributed by atoms with Crippen LogP contribution in [0, 0.1) is 12.8 Å². The molecular weight excluding hydrogens is 226 g/mol. The Morgan fingerprint density at radius 3 is 2.12 bits per heavy atom. The van der Waals surface area contributed by atoms with Gasteiger partial charge in [0.1, 0.15) is 0 Å². The zero-order valence-corrected chi connectivity index (χ0v) is 10.2. The molecule has 0 heterocycles. The van der Waals surface area contributed by atoms with Crippen molar-refractivity contribution >= 4 is 0 Å². The maximum atomic E-state index is 14.1. The second-order valence-electron chi connectivity index (χ2n) is 4.42. The van der Waals surface area contributed by atoms with Crippen molar-refractivity contribution in [2.24, 2.45) is 5.92 Å². The van der Waals surface area contributed by atoms with E-state index in [4.69, 9.17) is 9.47 Å². The van der Waals surface area contributed by atoms with E-state index in [-0.39, 0.29) is 5.56 Å². The summed E-state index contributed by atoms with van der Waals surface area (Å²) in [5.41, 5.74) is 0.595. The Balaban J connectivity index is 2.47. The maximum Gasteiger partial charge on any atom is 0.276 e. The molecule has 2 rings (SSSR count). The number of rotatable bonds is 4. The van der Waals surface area contributed by atoms with E-state index in [2.05, 4.69) is 0 Å². The SMILES string of the molecule is COc1cc(C)c(C(F)(F)C2CC2)cc1OC. The van der Waals surface area contributed by atoms with Crippen LogP contribution in [0.25, 0.3) is 0 Å². The third-order valence-corrected chi connectivity index (χ3v) is 3.18. The topological polar surface area (TPSA) is 18.5 Å². The Bertz CT molecular complexity index is 426. The van der Waals surface area contributed by atoms with Gasteiger partial charge in [-0.2, -0.15) is 0 Å². The predicted octanol–water partition coefficient (Wildman–Crippen LogP) is 3.51. The summed E-state index contributed by atoms with van der Waals surface area (Å²) in [7, 11) is 2.95. The Morgan fingerprint density at radius 2 is 1.65 bits per heavy atom. The van der Waals surface area contributed by atoms with Gasteiger partial charge in [-0.25, -0.2) is 8.78 Å². The van der Waals surface area contributed by atoms with Crippen LogP contribution in [-0.2, 0) is 5.92 Å². The number of alkyl halides is 2. The van der Waals surface area contributed by atoms with E-state index < -0.39 is 11.8 Å². The molecule has 0 aromatic heterocycles. The van der Waals surface area contributed by atoms with Gasteiger partial charge in [0.05, 0.1) is 14.2 Å². The zero-order chi connectivity index (χ0) is 12.6. The van der Waals surface area contributed by atoms with Crippen LogP contribution in [-0.4, -0.2) is 14.2 Å². The molecule has 1 aliphatic rings. The first-order chi connectivity index (χ1) is 8.00. The molecule has 0 amide bonds. The highest BCUT2D eigenvalue weighted by molar-refractivity contribution is 5.48. The quantitative estimate of drug-likeness (QED) is 0.804. The van der Waals surface area contributed by atoms with E-state index in [0.29, 0.717) is 29.9 Å². The van der Waals surface area contributed by atoms with Gasteiger partial charge in [-0.05, 0) is 37.5 Å². The first-order valence-corrected chi connectivity index (χ1v) is 5.61. The Hall–Kier alpha value is -1.32. The van der Waals surface area contributed by atoms with Gasteiger partial charge < -0.3 is 9.47 Å². The smallest absolute Gasteiger partial charge is 0.276 e. The number of ether oxygens (including phenoxy) is 2. The molecule has 0 unspecified atom stereocenters. The molecule has 0 atom stereocenters. The number of halogens is 2. The van der Waals surface area contributed by atoms with Gasteiger partial charge in [-0.3, -0.25) is 0 Å². The van der Waals surface area contributed by atoms with Crippen LogP contribution in [0.4, 0.5) is 8.78 Å². The van der Waals surface area contributed by atoms with Gasteiger partial charge in [0, 0.05) is 11.5 Å². The van der Waals surface area contributed by atoms with Crippen LogP contribution >= 0.6 is 0 Å². The van der Waals surface area contributed by atoms with Gasteiger partial charge in [0.25, 0.3) is 5.92 Å². The monoisotopic (exact) mass is 242 g/mol. The highest BCUT2D eigenvalue weighted by Gasteiger charge is 2.49. The molecule has 4 heteroatoms. The third kappa shape index (κ3) is 2.08. The molecule has 0 spiro atoms. The van der Waals surface area contributed by atoms with E-state index in [1.165, 1.54) is 20.3 Å². The molecule has 1 saturated carbocycles. The number of methoxy groups -OCH3 is 2. The standard InChI is InChI=1S/C13H16F2O2/c1-8-6-11(16-2)12(17-3)7-10(8)13(14,15)9-4-5-9/h6-7,9H,4-5H2,1-3H3. The molecule has 0 N–H and O–H groups in total. The number of hydrogen-bond donors (Lipinski definition) is 0. The highest BCUT2D eigenvalue weighted by atomic mass is 19.3. The molecule has 0 bridgehead atoms. The fourth-order valence-corrected chi connectivity index (χ4v) is 2.01. The maximum absolute atomic E-state index is 14.1.